The van der Waals surface area contributed by atoms with Crippen LogP contribution in [0.1, 0.15) is 26.2 Å². The lowest BCUT2D eigenvalue weighted by Crippen LogP contribution is -2.47. The van der Waals surface area contributed by atoms with E-state index in [0.29, 0.717) is 19.5 Å². The number of carbonyl (C=O) groups excluding carboxylic acids is 1. The molecule has 2 N–H and O–H groups in total. The van der Waals surface area contributed by atoms with E-state index in [0.717, 1.165) is 12.8 Å². The van der Waals surface area contributed by atoms with Crippen LogP contribution < -0.4 is 5.32 Å². The van der Waals surface area contributed by atoms with Crippen molar-refractivity contribution in [1.29, 1.82) is 0 Å². The van der Waals surface area contributed by atoms with Crippen molar-refractivity contribution in [3.8, 4) is 0 Å². The van der Waals surface area contributed by atoms with Crippen molar-refractivity contribution in [1.82, 2.24) is 10.2 Å². The van der Waals surface area contributed by atoms with Gasteiger partial charge < -0.3 is 24.8 Å². The molecule has 0 bridgehead atoms. The Kier molecular flexibility index (Phi) is 6.74. The zero-order chi connectivity index (χ0) is 15.1. The molecule has 0 spiro atoms. The summed E-state index contributed by atoms with van der Waals surface area (Å²) in [6, 6.07) is -1.22. The van der Waals surface area contributed by atoms with E-state index >= 15 is 0 Å². The lowest BCUT2D eigenvalue weighted by molar-refractivity contribution is -0.139. The van der Waals surface area contributed by atoms with Gasteiger partial charge in [-0.2, -0.15) is 0 Å². The lowest BCUT2D eigenvalue weighted by atomic mass is 10.1. The monoisotopic (exact) mass is 288 g/mol. The fourth-order valence-corrected chi connectivity index (χ4v) is 2.27. The molecule has 2 amide bonds. The average molecular weight is 288 g/mol. The molecule has 7 heteroatoms. The number of likely N-dealkylation sites (tertiary alicyclic amines) is 1. The van der Waals surface area contributed by atoms with E-state index in [2.05, 4.69) is 5.32 Å². The van der Waals surface area contributed by atoms with Gasteiger partial charge >= 0.3 is 12.0 Å². The first kappa shape index (κ1) is 16.7. The van der Waals surface area contributed by atoms with Crippen LogP contribution in [0.3, 0.4) is 0 Å². The molecular weight excluding hydrogens is 264 g/mol. The molecular formula is C13H24N2O5. The molecule has 116 valence electrons. The molecule has 3 unspecified atom stereocenters. The van der Waals surface area contributed by atoms with Crippen LogP contribution in [0.4, 0.5) is 4.79 Å². The topological polar surface area (TPSA) is 88.1 Å². The van der Waals surface area contributed by atoms with Crippen LogP contribution in [0.15, 0.2) is 0 Å². The van der Waals surface area contributed by atoms with Gasteiger partial charge in [-0.1, -0.05) is 19.8 Å². The van der Waals surface area contributed by atoms with E-state index in [9.17, 15) is 9.59 Å². The first-order valence-electron chi connectivity index (χ1n) is 6.87. The number of methoxy groups -OCH3 is 2. The molecule has 3 atom stereocenters. The van der Waals surface area contributed by atoms with E-state index in [-0.39, 0.29) is 18.2 Å². The SMILES string of the molecule is CCCCC(NC(=O)N1CC(OC)C(OC)C1)C(=O)O. The Morgan fingerprint density at radius 3 is 2.25 bits per heavy atom. The Morgan fingerprint density at radius 1 is 1.30 bits per heavy atom. The van der Waals surface area contributed by atoms with Crippen molar-refractivity contribution >= 4 is 12.0 Å². The number of urea groups is 1. The van der Waals surface area contributed by atoms with Crippen LogP contribution in [-0.4, -0.2) is 67.6 Å². The van der Waals surface area contributed by atoms with Crippen molar-refractivity contribution in [3.63, 3.8) is 0 Å². The molecule has 1 aliphatic heterocycles. The Hall–Kier alpha value is -1.34. The summed E-state index contributed by atoms with van der Waals surface area (Å²) in [4.78, 5) is 24.7. The highest BCUT2D eigenvalue weighted by Gasteiger charge is 2.36. The number of nitrogens with zero attached hydrogens (tertiary/aromatic N) is 1. The first-order chi connectivity index (χ1) is 9.53. The van der Waals surface area contributed by atoms with Gasteiger partial charge in [-0.15, -0.1) is 0 Å². The molecule has 1 heterocycles. The summed E-state index contributed by atoms with van der Waals surface area (Å²) in [6.45, 7) is 2.79. The Bertz CT molecular complexity index is 325. The van der Waals surface area contributed by atoms with Gasteiger partial charge in [0.2, 0.25) is 0 Å². The van der Waals surface area contributed by atoms with Crippen LogP contribution in [0.25, 0.3) is 0 Å². The fraction of sp³-hybridized carbons (Fsp3) is 0.846. The molecule has 1 saturated heterocycles. The quantitative estimate of drug-likeness (QED) is 0.719. The largest absolute Gasteiger partial charge is 0.480 e. The third-order valence-electron chi connectivity index (χ3n) is 3.55. The molecule has 20 heavy (non-hydrogen) atoms. The lowest BCUT2D eigenvalue weighted by Gasteiger charge is -2.20. The van der Waals surface area contributed by atoms with Crippen molar-refractivity contribution in [3.05, 3.63) is 0 Å². The number of rotatable bonds is 7. The highest BCUT2D eigenvalue weighted by molar-refractivity contribution is 5.82. The number of carboxylic acid groups (broad SMARTS) is 1. The molecule has 7 nitrogen and oxygen atoms in total. The summed E-state index contributed by atoms with van der Waals surface area (Å²) in [5, 5.41) is 11.7. The van der Waals surface area contributed by atoms with E-state index in [4.69, 9.17) is 14.6 Å². The summed E-state index contributed by atoms with van der Waals surface area (Å²) in [5.41, 5.74) is 0. The summed E-state index contributed by atoms with van der Waals surface area (Å²) in [6.07, 6.45) is 1.74. The van der Waals surface area contributed by atoms with Gasteiger partial charge in [-0.25, -0.2) is 9.59 Å². The fourth-order valence-electron chi connectivity index (χ4n) is 2.27. The number of amides is 2. The van der Waals surface area contributed by atoms with Crippen LogP contribution in [0, 0.1) is 0 Å². The number of unbranched alkanes of at least 4 members (excludes halogenated alkanes) is 1. The predicted octanol–water partition coefficient (Wildman–Crippen LogP) is 0.685. The maximum Gasteiger partial charge on any atom is 0.326 e. The molecule has 1 aliphatic rings. The molecule has 1 fully saturated rings. The smallest absolute Gasteiger partial charge is 0.326 e. The zero-order valence-corrected chi connectivity index (χ0v) is 12.3. The third kappa shape index (κ3) is 4.35. The number of nitrogens with one attached hydrogen (secondary N) is 1. The van der Waals surface area contributed by atoms with Crippen molar-refractivity contribution in [2.75, 3.05) is 27.3 Å². The molecule has 0 aromatic carbocycles. The van der Waals surface area contributed by atoms with Gasteiger partial charge in [-0.3, -0.25) is 0 Å². The number of carboxylic acids is 1. The number of hydrogen-bond acceptors (Lipinski definition) is 4. The summed E-state index contributed by atoms with van der Waals surface area (Å²) in [5.74, 6) is -1.00. The Labute approximate surface area is 119 Å². The van der Waals surface area contributed by atoms with Crippen molar-refractivity contribution in [2.24, 2.45) is 0 Å². The molecule has 0 saturated carbocycles. The summed E-state index contributed by atoms with van der Waals surface area (Å²) in [7, 11) is 3.14. The second-order valence-corrected chi connectivity index (χ2v) is 4.94. The standard InChI is InChI=1S/C13H24N2O5/c1-4-5-6-9(12(16)17)14-13(18)15-7-10(19-2)11(8-15)20-3/h9-11H,4-8H2,1-3H3,(H,14,18)(H,16,17). The van der Waals surface area contributed by atoms with Crippen LogP contribution in [0.5, 0.6) is 0 Å². The summed E-state index contributed by atoms with van der Waals surface area (Å²) >= 11 is 0. The number of ether oxygens (including phenoxy) is 2. The van der Waals surface area contributed by atoms with Crippen LogP contribution >= 0.6 is 0 Å². The average Bonchev–Trinajstić information content (AvgIpc) is 2.86. The van der Waals surface area contributed by atoms with Crippen molar-refractivity contribution in [2.45, 2.75) is 44.4 Å². The molecule has 0 aromatic heterocycles. The molecule has 0 radical (unpaired) electrons. The zero-order valence-electron chi connectivity index (χ0n) is 12.3. The second kappa shape index (κ2) is 8.06. The highest BCUT2D eigenvalue weighted by atomic mass is 16.5. The van der Waals surface area contributed by atoms with Gasteiger partial charge in [0.25, 0.3) is 0 Å². The minimum absolute atomic E-state index is 0.176. The van der Waals surface area contributed by atoms with E-state index in [1.807, 2.05) is 6.92 Å². The van der Waals surface area contributed by atoms with E-state index < -0.39 is 12.0 Å². The number of carbonyl (C=O) groups is 2. The number of aliphatic carboxylic acids is 1. The predicted molar refractivity (Wildman–Crippen MR) is 72.6 cm³/mol. The first-order valence-corrected chi connectivity index (χ1v) is 6.87. The molecule has 1 rings (SSSR count). The Morgan fingerprint density at radius 2 is 1.85 bits per heavy atom. The van der Waals surface area contributed by atoms with E-state index in [1.165, 1.54) is 4.90 Å². The van der Waals surface area contributed by atoms with Crippen molar-refractivity contribution < 1.29 is 24.2 Å². The maximum atomic E-state index is 12.1. The van der Waals surface area contributed by atoms with Crippen LogP contribution in [0.2, 0.25) is 0 Å². The normalized spacial score (nSPS) is 23.6. The van der Waals surface area contributed by atoms with Gasteiger partial charge in [0, 0.05) is 14.2 Å². The van der Waals surface area contributed by atoms with Gasteiger partial charge in [-0.05, 0) is 6.42 Å². The van der Waals surface area contributed by atoms with E-state index in [1.54, 1.807) is 14.2 Å². The minimum atomic E-state index is -1.00. The Balaban J connectivity index is 2.55. The highest BCUT2D eigenvalue weighted by Crippen LogP contribution is 2.16. The maximum absolute atomic E-state index is 12.1. The minimum Gasteiger partial charge on any atom is -0.480 e. The molecule has 0 aromatic rings. The van der Waals surface area contributed by atoms with Gasteiger partial charge in [0.1, 0.15) is 18.2 Å². The third-order valence-corrected chi connectivity index (χ3v) is 3.55. The second-order valence-electron chi connectivity index (χ2n) is 4.94. The summed E-state index contributed by atoms with van der Waals surface area (Å²) < 4.78 is 10.5. The number of hydrogen-bond donors (Lipinski definition) is 2. The molecule has 0 aliphatic carbocycles. The van der Waals surface area contributed by atoms with Crippen LogP contribution in [-0.2, 0) is 14.3 Å². The van der Waals surface area contributed by atoms with Gasteiger partial charge in [0.05, 0.1) is 13.1 Å². The van der Waals surface area contributed by atoms with Gasteiger partial charge in [0.15, 0.2) is 0 Å².